The van der Waals surface area contributed by atoms with Gasteiger partial charge in [0.2, 0.25) is 19.2 Å². The number of rotatable bonds is 4. The maximum Gasteiger partial charge on any atom is 0.286 e. The van der Waals surface area contributed by atoms with Crippen LogP contribution in [-0.2, 0) is 9.84 Å². The molecule has 1 N–H and O–H groups in total. The van der Waals surface area contributed by atoms with Gasteiger partial charge in [-0.25, -0.2) is 8.42 Å². The summed E-state index contributed by atoms with van der Waals surface area (Å²) in [7, 11) is -3.84. The minimum atomic E-state index is -3.84. The molecule has 1 heterocycles. The number of amides is 1. The van der Waals surface area contributed by atoms with Gasteiger partial charge in [-0.15, -0.1) is 10.2 Å². The topological polar surface area (TPSA) is 89.0 Å². The first-order valence-electron chi connectivity index (χ1n) is 7.08. The van der Waals surface area contributed by atoms with Crippen LogP contribution in [-0.4, -0.2) is 24.5 Å². The van der Waals surface area contributed by atoms with Crippen LogP contribution in [0.15, 0.2) is 57.8 Å². The van der Waals surface area contributed by atoms with E-state index in [0.717, 1.165) is 5.56 Å². The largest absolute Gasteiger partial charge is 0.320 e. The molecule has 3 aromatic rings. The van der Waals surface area contributed by atoms with Crippen LogP contribution in [0.25, 0.3) is 0 Å². The van der Waals surface area contributed by atoms with E-state index in [0.29, 0.717) is 22.0 Å². The lowest BCUT2D eigenvalue weighted by Crippen LogP contribution is -2.11. The Balaban J connectivity index is 1.82. The van der Waals surface area contributed by atoms with Crippen molar-refractivity contribution in [2.24, 2.45) is 0 Å². The van der Waals surface area contributed by atoms with Crippen LogP contribution in [0.3, 0.4) is 0 Å². The van der Waals surface area contributed by atoms with Crippen molar-refractivity contribution >= 4 is 44.4 Å². The van der Waals surface area contributed by atoms with E-state index in [4.69, 9.17) is 11.6 Å². The molecule has 128 valence electrons. The standard InChI is InChI=1S/C16H12ClN3O3S2/c1-10-2-6-12(7-3-10)18-14(21)15-19-20-16(24-15)25(22,23)13-8-4-11(17)5-9-13/h2-9H,1H3,(H,18,21). The number of sulfone groups is 1. The van der Waals surface area contributed by atoms with Gasteiger partial charge in [0.05, 0.1) is 4.90 Å². The number of benzene rings is 2. The minimum Gasteiger partial charge on any atom is -0.320 e. The molecule has 0 fully saturated rings. The molecule has 0 aliphatic heterocycles. The number of hydrogen-bond acceptors (Lipinski definition) is 6. The van der Waals surface area contributed by atoms with Gasteiger partial charge in [-0.2, -0.15) is 0 Å². The quantitative estimate of drug-likeness (QED) is 0.731. The van der Waals surface area contributed by atoms with E-state index in [2.05, 4.69) is 15.5 Å². The van der Waals surface area contributed by atoms with E-state index >= 15 is 0 Å². The molecule has 0 radical (unpaired) electrons. The molecule has 0 saturated heterocycles. The van der Waals surface area contributed by atoms with Crippen molar-refractivity contribution in [1.82, 2.24) is 10.2 Å². The van der Waals surface area contributed by atoms with Gasteiger partial charge in [-0.05, 0) is 43.3 Å². The fourth-order valence-corrected chi connectivity index (χ4v) is 4.35. The molecule has 0 aliphatic carbocycles. The molecule has 0 aliphatic rings. The van der Waals surface area contributed by atoms with Crippen molar-refractivity contribution in [3.05, 3.63) is 64.1 Å². The second kappa shape index (κ2) is 6.91. The zero-order valence-corrected chi connectivity index (χ0v) is 15.3. The molecule has 0 atom stereocenters. The predicted octanol–water partition coefficient (Wildman–Crippen LogP) is 3.59. The molecule has 0 spiro atoms. The minimum absolute atomic E-state index is 0.0342. The summed E-state index contributed by atoms with van der Waals surface area (Å²) in [5.41, 5.74) is 1.65. The number of carbonyl (C=O) groups is 1. The zero-order chi connectivity index (χ0) is 18.0. The Morgan fingerprint density at radius 2 is 1.68 bits per heavy atom. The lowest BCUT2D eigenvalue weighted by molar-refractivity contribution is 0.102. The molecule has 9 heteroatoms. The first-order chi connectivity index (χ1) is 11.9. The number of anilines is 1. The fourth-order valence-electron chi connectivity index (χ4n) is 1.95. The van der Waals surface area contributed by atoms with Crippen molar-refractivity contribution < 1.29 is 13.2 Å². The summed E-state index contributed by atoms with van der Waals surface area (Å²) in [6.07, 6.45) is 0. The predicted molar refractivity (Wildman–Crippen MR) is 95.9 cm³/mol. The van der Waals surface area contributed by atoms with Crippen molar-refractivity contribution in [2.75, 3.05) is 5.32 Å². The lowest BCUT2D eigenvalue weighted by Gasteiger charge is -2.02. The van der Waals surface area contributed by atoms with Crippen molar-refractivity contribution in [3.8, 4) is 0 Å². The molecule has 1 amide bonds. The molecule has 0 unspecified atom stereocenters. The van der Waals surface area contributed by atoms with Crippen LogP contribution in [0.4, 0.5) is 5.69 Å². The van der Waals surface area contributed by atoms with Gasteiger partial charge in [0.15, 0.2) is 0 Å². The first-order valence-corrected chi connectivity index (χ1v) is 9.76. The average Bonchev–Trinajstić information content (AvgIpc) is 3.08. The Bertz CT molecular complexity index is 1010. The van der Waals surface area contributed by atoms with E-state index in [9.17, 15) is 13.2 Å². The van der Waals surface area contributed by atoms with Gasteiger partial charge in [-0.3, -0.25) is 4.79 Å². The maximum atomic E-state index is 12.5. The highest BCUT2D eigenvalue weighted by Gasteiger charge is 2.25. The number of nitrogens with one attached hydrogen (secondary N) is 1. The Kier molecular flexibility index (Phi) is 4.85. The summed E-state index contributed by atoms with van der Waals surface area (Å²) in [6.45, 7) is 1.93. The number of aromatic nitrogens is 2. The third kappa shape index (κ3) is 3.87. The Labute approximate surface area is 153 Å². The van der Waals surface area contributed by atoms with E-state index in [-0.39, 0.29) is 14.2 Å². The third-order valence-electron chi connectivity index (χ3n) is 3.26. The Hall–Kier alpha value is -2.29. The maximum absolute atomic E-state index is 12.5. The average molecular weight is 394 g/mol. The molecule has 6 nitrogen and oxygen atoms in total. The summed E-state index contributed by atoms with van der Waals surface area (Å²) in [5.74, 6) is -0.515. The highest BCUT2D eigenvalue weighted by molar-refractivity contribution is 7.93. The van der Waals surface area contributed by atoms with Gasteiger partial charge in [-0.1, -0.05) is 40.6 Å². The Morgan fingerprint density at radius 1 is 1.04 bits per heavy atom. The second-order valence-corrected chi connectivity index (χ2v) is 8.69. The van der Waals surface area contributed by atoms with E-state index < -0.39 is 15.7 Å². The van der Waals surface area contributed by atoms with Gasteiger partial charge >= 0.3 is 0 Å². The van der Waals surface area contributed by atoms with Crippen LogP contribution in [0.2, 0.25) is 5.02 Å². The SMILES string of the molecule is Cc1ccc(NC(=O)c2nnc(S(=O)(=O)c3ccc(Cl)cc3)s2)cc1. The molecule has 0 bridgehead atoms. The molecule has 3 rings (SSSR count). The number of hydrogen-bond donors (Lipinski definition) is 1. The van der Waals surface area contributed by atoms with E-state index in [1.807, 2.05) is 19.1 Å². The highest BCUT2D eigenvalue weighted by Crippen LogP contribution is 2.25. The van der Waals surface area contributed by atoms with Crippen LogP contribution >= 0.6 is 22.9 Å². The highest BCUT2D eigenvalue weighted by atomic mass is 35.5. The van der Waals surface area contributed by atoms with Crippen molar-refractivity contribution in [2.45, 2.75) is 16.2 Å². The van der Waals surface area contributed by atoms with Gasteiger partial charge in [0.1, 0.15) is 0 Å². The van der Waals surface area contributed by atoms with Crippen LogP contribution in [0.5, 0.6) is 0 Å². The number of aryl methyl sites for hydroxylation is 1. The molecule has 25 heavy (non-hydrogen) atoms. The summed E-state index contributed by atoms with van der Waals surface area (Å²) in [4.78, 5) is 12.2. The number of nitrogens with zero attached hydrogens (tertiary/aromatic N) is 2. The Morgan fingerprint density at radius 3 is 2.32 bits per heavy atom. The van der Waals surface area contributed by atoms with E-state index in [1.165, 1.54) is 24.3 Å². The second-order valence-electron chi connectivity index (χ2n) is 5.15. The molecule has 2 aromatic carbocycles. The summed E-state index contributed by atoms with van der Waals surface area (Å²) in [5, 5.41) is 10.4. The molecular weight excluding hydrogens is 382 g/mol. The summed E-state index contributed by atoms with van der Waals surface area (Å²) >= 11 is 6.48. The normalized spacial score (nSPS) is 11.3. The monoisotopic (exact) mass is 393 g/mol. The van der Waals surface area contributed by atoms with Gasteiger partial charge in [0, 0.05) is 10.7 Å². The van der Waals surface area contributed by atoms with Gasteiger partial charge < -0.3 is 5.32 Å². The van der Waals surface area contributed by atoms with E-state index in [1.54, 1.807) is 12.1 Å². The number of halogens is 1. The molecular formula is C16H12ClN3O3S2. The van der Waals surface area contributed by atoms with Crippen LogP contribution < -0.4 is 5.32 Å². The smallest absolute Gasteiger partial charge is 0.286 e. The van der Waals surface area contributed by atoms with Crippen LogP contribution in [0.1, 0.15) is 15.4 Å². The van der Waals surface area contributed by atoms with Crippen molar-refractivity contribution in [3.63, 3.8) is 0 Å². The number of carbonyl (C=O) groups excluding carboxylic acids is 1. The summed E-state index contributed by atoms with van der Waals surface area (Å²) < 4.78 is 24.8. The summed E-state index contributed by atoms with van der Waals surface area (Å²) in [6, 6.07) is 12.9. The van der Waals surface area contributed by atoms with Crippen LogP contribution in [0, 0.1) is 6.92 Å². The fraction of sp³-hybridized carbons (Fsp3) is 0.0625. The van der Waals surface area contributed by atoms with Crippen molar-refractivity contribution in [1.29, 1.82) is 0 Å². The van der Waals surface area contributed by atoms with Gasteiger partial charge in [0.25, 0.3) is 5.91 Å². The first kappa shape index (κ1) is 17.5. The third-order valence-corrected chi connectivity index (χ3v) is 6.58. The molecule has 0 saturated carbocycles. The zero-order valence-electron chi connectivity index (χ0n) is 12.9. The molecule has 1 aromatic heterocycles. The lowest BCUT2D eigenvalue weighted by atomic mass is 10.2.